The quantitative estimate of drug-likeness (QED) is 0.897. The van der Waals surface area contributed by atoms with Crippen molar-refractivity contribution in [3.8, 4) is 5.75 Å². The summed E-state index contributed by atoms with van der Waals surface area (Å²) in [5, 5.41) is 11.6. The predicted molar refractivity (Wildman–Crippen MR) is 73.2 cm³/mol. The number of pyridine rings is 1. The first-order chi connectivity index (χ1) is 8.61. The molecule has 1 N–H and O–H groups in total. The molecule has 1 unspecified atom stereocenters. The van der Waals surface area contributed by atoms with Crippen molar-refractivity contribution in [2.45, 2.75) is 13.0 Å². The van der Waals surface area contributed by atoms with Gasteiger partial charge in [-0.25, -0.2) is 4.98 Å². The van der Waals surface area contributed by atoms with Gasteiger partial charge in [0.1, 0.15) is 11.6 Å². The summed E-state index contributed by atoms with van der Waals surface area (Å²) in [6, 6.07) is 7.85. The molecule has 18 heavy (non-hydrogen) atoms. The molecule has 1 aromatic carbocycles. The third kappa shape index (κ3) is 2.54. The largest absolute Gasteiger partial charge is 0.497 e. The van der Waals surface area contributed by atoms with Gasteiger partial charge in [0.25, 0.3) is 0 Å². The number of benzene rings is 1. The lowest BCUT2D eigenvalue weighted by molar-refractivity contribution is 0.201. The van der Waals surface area contributed by atoms with Crippen molar-refractivity contribution < 1.29 is 9.84 Å². The third-order valence-electron chi connectivity index (χ3n) is 2.85. The molecule has 0 fully saturated rings. The van der Waals surface area contributed by atoms with Crippen LogP contribution in [0.15, 0.2) is 30.5 Å². The number of likely N-dealkylation sites (N-methyl/N-ethyl adjacent to an activating group) is 1. The van der Waals surface area contributed by atoms with Crippen LogP contribution in [0.2, 0.25) is 0 Å². The summed E-state index contributed by atoms with van der Waals surface area (Å²) < 4.78 is 5.21. The minimum Gasteiger partial charge on any atom is -0.497 e. The summed E-state index contributed by atoms with van der Waals surface area (Å²) >= 11 is 0. The lowest BCUT2D eigenvalue weighted by Gasteiger charge is -2.21. The van der Waals surface area contributed by atoms with Gasteiger partial charge in [-0.05, 0) is 36.6 Å². The zero-order valence-corrected chi connectivity index (χ0v) is 10.9. The first-order valence-corrected chi connectivity index (χ1v) is 5.94. The van der Waals surface area contributed by atoms with Crippen molar-refractivity contribution in [1.82, 2.24) is 4.98 Å². The highest BCUT2D eigenvalue weighted by molar-refractivity contribution is 5.92. The van der Waals surface area contributed by atoms with E-state index in [0.717, 1.165) is 22.3 Å². The topological polar surface area (TPSA) is 45.6 Å². The molecule has 0 aliphatic carbocycles. The Bertz CT molecular complexity index is 540. The predicted octanol–water partition coefficient (Wildman–Crippen LogP) is 2.06. The van der Waals surface area contributed by atoms with Crippen molar-refractivity contribution in [2.24, 2.45) is 0 Å². The molecular formula is C14H18N2O2. The van der Waals surface area contributed by atoms with Crippen molar-refractivity contribution in [1.29, 1.82) is 0 Å². The summed E-state index contributed by atoms with van der Waals surface area (Å²) in [7, 11) is 3.58. The summed E-state index contributed by atoms with van der Waals surface area (Å²) in [6.45, 7) is 2.32. The highest BCUT2D eigenvalue weighted by Gasteiger charge is 2.10. The second-order valence-corrected chi connectivity index (χ2v) is 4.45. The summed E-state index contributed by atoms with van der Waals surface area (Å²) in [5.41, 5.74) is 0. The van der Waals surface area contributed by atoms with Crippen LogP contribution in [0.4, 0.5) is 5.82 Å². The molecule has 2 aromatic rings. The maximum absolute atomic E-state index is 9.45. The van der Waals surface area contributed by atoms with Crippen molar-refractivity contribution in [3.63, 3.8) is 0 Å². The Hall–Kier alpha value is -1.81. The van der Waals surface area contributed by atoms with E-state index in [9.17, 15) is 5.11 Å². The molecule has 4 nitrogen and oxygen atoms in total. The molecule has 4 heteroatoms. The summed E-state index contributed by atoms with van der Waals surface area (Å²) in [5.74, 6) is 1.70. The molecule has 0 saturated heterocycles. The van der Waals surface area contributed by atoms with Gasteiger partial charge in [-0.1, -0.05) is 0 Å². The van der Waals surface area contributed by atoms with E-state index in [2.05, 4.69) is 4.98 Å². The number of hydrogen-bond acceptors (Lipinski definition) is 4. The molecule has 0 saturated carbocycles. The van der Waals surface area contributed by atoms with Crippen LogP contribution in [0.25, 0.3) is 10.8 Å². The van der Waals surface area contributed by atoms with Crippen LogP contribution in [-0.4, -0.2) is 36.9 Å². The second kappa shape index (κ2) is 5.23. The van der Waals surface area contributed by atoms with E-state index in [1.165, 1.54) is 0 Å². The Balaban J connectivity index is 2.45. The van der Waals surface area contributed by atoms with Crippen molar-refractivity contribution >= 4 is 16.6 Å². The van der Waals surface area contributed by atoms with E-state index in [1.54, 1.807) is 20.2 Å². The van der Waals surface area contributed by atoms with Crippen molar-refractivity contribution in [2.75, 3.05) is 25.6 Å². The number of aliphatic hydroxyl groups excluding tert-OH is 1. The fourth-order valence-electron chi connectivity index (χ4n) is 2.05. The molecule has 0 amide bonds. The lowest BCUT2D eigenvalue weighted by Crippen LogP contribution is -2.27. The fraction of sp³-hybridized carbons (Fsp3) is 0.357. The molecule has 0 aliphatic rings. The lowest BCUT2D eigenvalue weighted by atomic mass is 10.1. The van der Waals surface area contributed by atoms with E-state index in [0.29, 0.717) is 6.54 Å². The number of fused-ring (bicyclic) bond motifs is 1. The average molecular weight is 246 g/mol. The monoisotopic (exact) mass is 246 g/mol. The number of anilines is 1. The Morgan fingerprint density at radius 1 is 1.39 bits per heavy atom. The number of ether oxygens (including phenoxy) is 1. The van der Waals surface area contributed by atoms with Gasteiger partial charge in [-0.3, -0.25) is 0 Å². The zero-order valence-electron chi connectivity index (χ0n) is 10.9. The Morgan fingerprint density at radius 3 is 2.83 bits per heavy atom. The minimum absolute atomic E-state index is 0.384. The second-order valence-electron chi connectivity index (χ2n) is 4.45. The van der Waals surface area contributed by atoms with Crippen LogP contribution in [0, 0.1) is 0 Å². The minimum atomic E-state index is -0.384. The molecule has 1 heterocycles. The Labute approximate surface area is 107 Å². The number of nitrogens with zero attached hydrogens (tertiary/aromatic N) is 2. The van der Waals surface area contributed by atoms with Crippen LogP contribution in [0.1, 0.15) is 6.92 Å². The molecular weight excluding hydrogens is 228 g/mol. The highest BCUT2D eigenvalue weighted by Crippen LogP contribution is 2.27. The first kappa shape index (κ1) is 12.6. The molecule has 0 radical (unpaired) electrons. The molecule has 0 bridgehead atoms. The molecule has 2 rings (SSSR count). The molecule has 0 aliphatic heterocycles. The van der Waals surface area contributed by atoms with Gasteiger partial charge in [0.15, 0.2) is 0 Å². The van der Waals surface area contributed by atoms with Gasteiger partial charge < -0.3 is 14.7 Å². The standard InChI is InChI=1S/C14H18N2O2/c1-10(17)9-16(2)14-13-5-4-12(18-3)8-11(13)6-7-15-14/h4-8,10,17H,9H2,1-3H3. The first-order valence-electron chi connectivity index (χ1n) is 5.94. The number of aromatic nitrogens is 1. The number of methoxy groups -OCH3 is 1. The van der Waals surface area contributed by atoms with E-state index in [-0.39, 0.29) is 6.10 Å². The van der Waals surface area contributed by atoms with Gasteiger partial charge in [0.05, 0.1) is 13.2 Å². The van der Waals surface area contributed by atoms with Crippen LogP contribution in [-0.2, 0) is 0 Å². The zero-order chi connectivity index (χ0) is 13.1. The normalized spacial score (nSPS) is 12.4. The smallest absolute Gasteiger partial charge is 0.136 e. The van der Waals surface area contributed by atoms with Gasteiger partial charge in [0.2, 0.25) is 0 Å². The Morgan fingerprint density at radius 2 is 2.17 bits per heavy atom. The van der Waals surface area contributed by atoms with Crippen LogP contribution in [0.3, 0.4) is 0 Å². The van der Waals surface area contributed by atoms with Gasteiger partial charge in [-0.15, -0.1) is 0 Å². The van der Waals surface area contributed by atoms with Crippen LogP contribution in [0.5, 0.6) is 5.75 Å². The van der Waals surface area contributed by atoms with E-state index < -0.39 is 0 Å². The van der Waals surface area contributed by atoms with E-state index in [4.69, 9.17) is 4.74 Å². The number of aliphatic hydroxyl groups is 1. The molecule has 1 aromatic heterocycles. The maximum Gasteiger partial charge on any atom is 0.136 e. The van der Waals surface area contributed by atoms with E-state index in [1.807, 2.05) is 36.2 Å². The Kier molecular flexibility index (Phi) is 3.67. The molecule has 1 atom stereocenters. The number of rotatable bonds is 4. The molecule has 96 valence electrons. The average Bonchev–Trinajstić information content (AvgIpc) is 2.36. The SMILES string of the molecule is COc1ccc2c(N(C)CC(C)O)nccc2c1. The maximum atomic E-state index is 9.45. The third-order valence-corrected chi connectivity index (χ3v) is 2.85. The molecule has 0 spiro atoms. The van der Waals surface area contributed by atoms with Crippen LogP contribution < -0.4 is 9.64 Å². The summed E-state index contributed by atoms with van der Waals surface area (Å²) in [6.07, 6.45) is 1.39. The van der Waals surface area contributed by atoms with Crippen molar-refractivity contribution in [3.05, 3.63) is 30.5 Å². The van der Waals surface area contributed by atoms with Gasteiger partial charge in [0, 0.05) is 25.2 Å². The van der Waals surface area contributed by atoms with Gasteiger partial charge in [-0.2, -0.15) is 0 Å². The van der Waals surface area contributed by atoms with E-state index >= 15 is 0 Å². The fourth-order valence-corrected chi connectivity index (χ4v) is 2.05. The summed E-state index contributed by atoms with van der Waals surface area (Å²) in [4.78, 5) is 6.35. The number of hydrogen-bond donors (Lipinski definition) is 1. The van der Waals surface area contributed by atoms with Crippen LogP contribution >= 0.6 is 0 Å². The van der Waals surface area contributed by atoms with Gasteiger partial charge >= 0.3 is 0 Å². The highest BCUT2D eigenvalue weighted by atomic mass is 16.5.